The highest BCUT2D eigenvalue weighted by molar-refractivity contribution is 7.13. The molecular formula is C13H17N5O2S. The highest BCUT2D eigenvalue weighted by Gasteiger charge is 2.47. The Morgan fingerprint density at radius 3 is 2.48 bits per heavy atom. The third kappa shape index (κ3) is 2.27. The van der Waals surface area contributed by atoms with Crippen molar-refractivity contribution in [2.24, 2.45) is 0 Å². The van der Waals surface area contributed by atoms with Crippen LogP contribution in [0.1, 0.15) is 25.7 Å². The molecule has 1 saturated carbocycles. The highest BCUT2D eigenvalue weighted by Crippen LogP contribution is 2.33. The Hall–Kier alpha value is -1.70. The molecule has 1 aliphatic carbocycles. The zero-order chi connectivity index (χ0) is 14.4. The van der Waals surface area contributed by atoms with Gasteiger partial charge in [0, 0.05) is 25.2 Å². The Labute approximate surface area is 126 Å². The van der Waals surface area contributed by atoms with E-state index in [9.17, 15) is 9.59 Å². The molecule has 1 aromatic heterocycles. The molecule has 8 heteroatoms. The van der Waals surface area contributed by atoms with Crippen molar-refractivity contribution in [3.05, 3.63) is 5.51 Å². The number of anilines is 1. The summed E-state index contributed by atoms with van der Waals surface area (Å²) >= 11 is 1.54. The zero-order valence-corrected chi connectivity index (χ0v) is 12.5. The number of imide groups is 1. The van der Waals surface area contributed by atoms with Crippen molar-refractivity contribution < 1.29 is 9.59 Å². The van der Waals surface area contributed by atoms with Crippen molar-refractivity contribution in [3.8, 4) is 0 Å². The van der Waals surface area contributed by atoms with Crippen LogP contribution in [0.5, 0.6) is 0 Å². The molecular weight excluding hydrogens is 290 g/mol. The molecule has 0 atom stereocenters. The molecule has 0 N–H and O–H groups in total. The minimum Gasteiger partial charge on any atom is -0.347 e. The molecule has 7 nitrogen and oxygen atoms in total. The van der Waals surface area contributed by atoms with Crippen molar-refractivity contribution in [1.82, 2.24) is 20.0 Å². The van der Waals surface area contributed by atoms with Crippen LogP contribution in [0.4, 0.5) is 9.93 Å². The third-order valence-electron chi connectivity index (χ3n) is 4.46. The first-order valence-corrected chi connectivity index (χ1v) is 8.26. The van der Waals surface area contributed by atoms with Gasteiger partial charge in [0.15, 0.2) is 0 Å². The summed E-state index contributed by atoms with van der Waals surface area (Å²) in [5.41, 5.74) is 1.73. The van der Waals surface area contributed by atoms with Crippen LogP contribution in [0, 0.1) is 0 Å². The molecule has 112 valence electrons. The molecule has 21 heavy (non-hydrogen) atoms. The number of carbonyl (C=O) groups excluding carboxylic acids is 2. The first kappa shape index (κ1) is 13.0. The Morgan fingerprint density at radius 1 is 1.10 bits per heavy atom. The number of nitrogens with zero attached hydrogens (tertiary/aromatic N) is 5. The van der Waals surface area contributed by atoms with Crippen LogP contribution in [0.2, 0.25) is 0 Å². The summed E-state index contributed by atoms with van der Waals surface area (Å²) in [7, 11) is 0. The van der Waals surface area contributed by atoms with Crippen molar-refractivity contribution in [1.29, 1.82) is 0 Å². The Morgan fingerprint density at radius 2 is 1.86 bits per heavy atom. The fraction of sp³-hybridized carbons (Fsp3) is 0.692. The van der Waals surface area contributed by atoms with Crippen molar-refractivity contribution >= 4 is 28.4 Å². The van der Waals surface area contributed by atoms with E-state index in [4.69, 9.17) is 0 Å². The van der Waals surface area contributed by atoms with Crippen molar-refractivity contribution in [2.75, 3.05) is 24.5 Å². The minimum absolute atomic E-state index is 0.0194. The number of urea groups is 1. The summed E-state index contributed by atoms with van der Waals surface area (Å²) < 4.78 is 0. The number of carbonyl (C=O) groups is 2. The standard InChI is InChI=1S/C13H17N5O2S/c19-11-7-17(13(20)18(11)10-1-2-10)9-3-5-16(6-4-9)12-15-14-8-21-12/h8-10H,1-7H2. The molecule has 1 aromatic rings. The monoisotopic (exact) mass is 307 g/mol. The van der Waals surface area contributed by atoms with Crippen LogP contribution >= 0.6 is 11.3 Å². The maximum absolute atomic E-state index is 12.4. The normalized spacial score (nSPS) is 24.3. The van der Waals surface area contributed by atoms with Gasteiger partial charge >= 0.3 is 6.03 Å². The molecule has 3 aliphatic rings. The summed E-state index contributed by atoms with van der Waals surface area (Å²) in [5.74, 6) is -0.0194. The highest BCUT2D eigenvalue weighted by atomic mass is 32.1. The summed E-state index contributed by atoms with van der Waals surface area (Å²) in [6, 6.07) is 0.280. The lowest BCUT2D eigenvalue weighted by atomic mass is 10.0. The average molecular weight is 307 g/mol. The Kier molecular flexibility index (Phi) is 3.06. The van der Waals surface area contributed by atoms with E-state index in [1.807, 2.05) is 0 Å². The van der Waals surface area contributed by atoms with Gasteiger partial charge in [0.25, 0.3) is 5.91 Å². The molecule has 2 aliphatic heterocycles. The van der Waals surface area contributed by atoms with Gasteiger partial charge < -0.3 is 9.80 Å². The van der Waals surface area contributed by atoms with Gasteiger partial charge in [-0.2, -0.15) is 0 Å². The molecule has 3 fully saturated rings. The number of hydrogen-bond acceptors (Lipinski definition) is 6. The maximum Gasteiger partial charge on any atom is 0.327 e. The van der Waals surface area contributed by atoms with Gasteiger partial charge in [0.05, 0.1) is 0 Å². The summed E-state index contributed by atoms with van der Waals surface area (Å²) in [6.45, 7) is 1.99. The number of hydrogen-bond donors (Lipinski definition) is 0. The Bertz CT molecular complexity index is 551. The lowest BCUT2D eigenvalue weighted by molar-refractivity contribution is -0.125. The quantitative estimate of drug-likeness (QED) is 0.777. The van der Waals surface area contributed by atoms with E-state index in [0.717, 1.165) is 43.9 Å². The summed E-state index contributed by atoms with van der Waals surface area (Å²) in [4.78, 5) is 29.9. The molecule has 3 heterocycles. The van der Waals surface area contributed by atoms with Crippen LogP contribution in [0.3, 0.4) is 0 Å². The van der Waals surface area contributed by atoms with E-state index in [-0.39, 0.29) is 30.6 Å². The SMILES string of the molecule is O=C1CN(C2CCN(c3nncs3)CC2)C(=O)N1C1CC1. The lowest BCUT2D eigenvalue weighted by Gasteiger charge is -2.35. The number of rotatable bonds is 3. The van der Waals surface area contributed by atoms with Crippen molar-refractivity contribution in [2.45, 2.75) is 37.8 Å². The van der Waals surface area contributed by atoms with E-state index in [1.165, 1.54) is 16.2 Å². The van der Waals surface area contributed by atoms with E-state index >= 15 is 0 Å². The Balaban J connectivity index is 1.40. The van der Waals surface area contributed by atoms with Crippen LogP contribution in [0.25, 0.3) is 0 Å². The van der Waals surface area contributed by atoms with E-state index < -0.39 is 0 Å². The van der Waals surface area contributed by atoms with Crippen molar-refractivity contribution in [3.63, 3.8) is 0 Å². The van der Waals surface area contributed by atoms with Gasteiger partial charge in [-0.05, 0) is 25.7 Å². The summed E-state index contributed by atoms with van der Waals surface area (Å²) in [5, 5.41) is 8.89. The van der Waals surface area contributed by atoms with Crippen LogP contribution in [-0.2, 0) is 4.79 Å². The van der Waals surface area contributed by atoms with E-state index in [1.54, 1.807) is 10.4 Å². The molecule has 3 amide bonds. The minimum atomic E-state index is -0.0723. The van der Waals surface area contributed by atoms with E-state index in [2.05, 4.69) is 15.1 Å². The van der Waals surface area contributed by atoms with Crippen LogP contribution < -0.4 is 4.90 Å². The fourth-order valence-electron chi connectivity index (χ4n) is 3.19. The third-order valence-corrected chi connectivity index (χ3v) is 5.21. The molecule has 0 spiro atoms. The van der Waals surface area contributed by atoms with Crippen LogP contribution in [-0.4, -0.2) is 63.7 Å². The second kappa shape index (κ2) is 4.94. The zero-order valence-electron chi connectivity index (χ0n) is 11.6. The van der Waals surface area contributed by atoms with E-state index in [0.29, 0.717) is 0 Å². The smallest absolute Gasteiger partial charge is 0.327 e. The first-order valence-electron chi connectivity index (χ1n) is 7.38. The topological polar surface area (TPSA) is 69.6 Å². The molecule has 0 bridgehead atoms. The second-order valence-corrected chi connectivity index (χ2v) is 6.66. The molecule has 2 saturated heterocycles. The summed E-state index contributed by atoms with van der Waals surface area (Å²) in [6.07, 6.45) is 3.72. The van der Waals surface area contributed by atoms with Crippen LogP contribution in [0.15, 0.2) is 5.51 Å². The molecule has 4 rings (SSSR count). The fourth-order valence-corrected chi connectivity index (χ4v) is 3.80. The van der Waals surface area contributed by atoms with Gasteiger partial charge in [-0.25, -0.2) is 4.79 Å². The first-order chi connectivity index (χ1) is 10.2. The molecule has 0 radical (unpaired) electrons. The number of amides is 3. The maximum atomic E-state index is 12.4. The molecule has 0 unspecified atom stereocenters. The lowest BCUT2D eigenvalue weighted by Crippen LogP contribution is -2.46. The molecule has 0 aromatic carbocycles. The van der Waals surface area contributed by atoms with Gasteiger partial charge in [0.2, 0.25) is 5.13 Å². The predicted molar refractivity (Wildman–Crippen MR) is 77.1 cm³/mol. The predicted octanol–water partition coefficient (Wildman–Crippen LogP) is 0.933. The number of aromatic nitrogens is 2. The average Bonchev–Trinajstić information content (AvgIpc) is 3.08. The van der Waals surface area contributed by atoms with Gasteiger partial charge in [-0.1, -0.05) is 11.3 Å². The number of piperidine rings is 1. The van der Waals surface area contributed by atoms with Gasteiger partial charge in [-0.15, -0.1) is 10.2 Å². The second-order valence-electron chi connectivity index (χ2n) is 5.84. The largest absolute Gasteiger partial charge is 0.347 e. The van der Waals surface area contributed by atoms with Gasteiger partial charge in [-0.3, -0.25) is 9.69 Å². The van der Waals surface area contributed by atoms with Gasteiger partial charge in [0.1, 0.15) is 12.1 Å².